The van der Waals surface area contributed by atoms with Crippen LogP contribution < -0.4 is 9.64 Å². The lowest BCUT2D eigenvalue weighted by Gasteiger charge is -2.25. The molecule has 1 amide bonds. The third-order valence-electron chi connectivity index (χ3n) is 5.87. The second-order valence-electron chi connectivity index (χ2n) is 8.80. The molecule has 2 N–H and O–H groups in total. The van der Waals surface area contributed by atoms with Gasteiger partial charge in [-0.1, -0.05) is 6.07 Å². The van der Waals surface area contributed by atoms with Crippen LogP contribution >= 0.6 is 0 Å². The highest BCUT2D eigenvalue weighted by molar-refractivity contribution is 6.51. The number of aryl methyl sites for hydroxylation is 1. The zero-order valence-electron chi connectivity index (χ0n) is 20.1. The minimum atomic E-state index is -1.29. The minimum absolute atomic E-state index is 0.0889. The molecule has 10 heteroatoms. The molecule has 190 valence electrons. The molecule has 3 aromatic carbocycles. The molecule has 1 atom stereocenters. The zero-order valence-corrected chi connectivity index (χ0v) is 20.1. The second kappa shape index (κ2) is 9.73. The molecule has 3 aromatic rings. The van der Waals surface area contributed by atoms with Gasteiger partial charge >= 0.3 is 5.69 Å². The number of carbonyl (C=O) groups is 2. The Morgan fingerprint density at radius 1 is 1.08 bits per heavy atom. The fourth-order valence-electron chi connectivity index (χ4n) is 4.21. The summed E-state index contributed by atoms with van der Waals surface area (Å²) in [6.07, 6.45) is -0.0931. The van der Waals surface area contributed by atoms with Gasteiger partial charge in [-0.3, -0.25) is 24.6 Å². The number of halogens is 1. The van der Waals surface area contributed by atoms with Crippen molar-refractivity contribution in [1.82, 2.24) is 0 Å². The third-order valence-corrected chi connectivity index (χ3v) is 5.87. The van der Waals surface area contributed by atoms with Crippen LogP contribution in [0.2, 0.25) is 0 Å². The first kappa shape index (κ1) is 25.4. The van der Waals surface area contributed by atoms with Crippen molar-refractivity contribution in [3.8, 4) is 11.5 Å². The van der Waals surface area contributed by atoms with E-state index in [2.05, 4.69) is 0 Å². The van der Waals surface area contributed by atoms with Gasteiger partial charge in [0.15, 0.2) is 5.75 Å². The van der Waals surface area contributed by atoms with E-state index in [0.717, 1.165) is 29.2 Å². The molecule has 4 rings (SSSR count). The molecule has 1 fully saturated rings. The van der Waals surface area contributed by atoms with Gasteiger partial charge in [0, 0.05) is 17.3 Å². The van der Waals surface area contributed by atoms with Crippen molar-refractivity contribution in [3.63, 3.8) is 0 Å². The van der Waals surface area contributed by atoms with Crippen LogP contribution in [0.3, 0.4) is 0 Å². The summed E-state index contributed by atoms with van der Waals surface area (Å²) >= 11 is 0. The van der Waals surface area contributed by atoms with Gasteiger partial charge in [0.1, 0.15) is 17.3 Å². The fourth-order valence-corrected chi connectivity index (χ4v) is 4.21. The number of phenols is 1. The first-order valence-electron chi connectivity index (χ1n) is 11.3. The fraction of sp³-hybridized carbons (Fsp3) is 0.185. The van der Waals surface area contributed by atoms with E-state index < -0.39 is 45.7 Å². The number of carbonyl (C=O) groups excluding carboxylic acids is 2. The number of nitrogens with zero attached hydrogens (tertiary/aromatic N) is 2. The number of ether oxygens (including phenoxy) is 1. The van der Waals surface area contributed by atoms with Gasteiger partial charge in [-0.25, -0.2) is 4.39 Å². The third kappa shape index (κ3) is 4.73. The highest BCUT2D eigenvalue weighted by Crippen LogP contribution is 2.44. The molecular weight excluding hydrogens is 483 g/mol. The number of nitro benzene ring substituents is 1. The van der Waals surface area contributed by atoms with Gasteiger partial charge in [0.05, 0.1) is 22.6 Å². The van der Waals surface area contributed by atoms with Crippen molar-refractivity contribution < 1.29 is 33.9 Å². The molecule has 0 radical (unpaired) electrons. The number of hydrogen-bond donors (Lipinski definition) is 2. The minimum Gasteiger partial charge on any atom is -0.507 e. The monoisotopic (exact) mass is 506 g/mol. The standard InChI is InChI=1S/C27H23FN2O7/c1-14(2)37-22-11-5-17(12-15(22)3)25(32)23-24(16-4-10-21(31)20(13-16)30(35)36)29(27(34)26(23)33)19-8-6-18(28)7-9-19/h4-14,24,31-32H,1-3H3/b25-23-. The first-order valence-corrected chi connectivity index (χ1v) is 11.3. The van der Waals surface area contributed by atoms with E-state index in [-0.39, 0.29) is 28.5 Å². The van der Waals surface area contributed by atoms with E-state index in [0.29, 0.717) is 11.3 Å². The number of amides is 1. The molecule has 0 saturated carbocycles. The number of nitro groups is 1. The number of ketones is 1. The number of aromatic hydroxyl groups is 1. The maximum Gasteiger partial charge on any atom is 0.311 e. The molecule has 0 aliphatic carbocycles. The van der Waals surface area contributed by atoms with Crippen molar-refractivity contribution in [2.24, 2.45) is 0 Å². The summed E-state index contributed by atoms with van der Waals surface area (Å²) in [7, 11) is 0. The second-order valence-corrected chi connectivity index (χ2v) is 8.80. The summed E-state index contributed by atoms with van der Waals surface area (Å²) in [5, 5.41) is 32.7. The summed E-state index contributed by atoms with van der Waals surface area (Å²) in [6.45, 7) is 5.48. The zero-order chi connectivity index (χ0) is 27.0. The van der Waals surface area contributed by atoms with E-state index in [1.54, 1.807) is 19.1 Å². The summed E-state index contributed by atoms with van der Waals surface area (Å²) in [6, 6.07) is 11.6. The Bertz CT molecular complexity index is 1450. The van der Waals surface area contributed by atoms with Crippen LogP contribution in [0.15, 0.2) is 66.2 Å². The van der Waals surface area contributed by atoms with Crippen LogP contribution in [-0.4, -0.2) is 32.9 Å². The maximum atomic E-state index is 13.6. The average Bonchev–Trinajstić information content (AvgIpc) is 3.10. The molecule has 1 unspecified atom stereocenters. The number of rotatable bonds is 6. The molecule has 9 nitrogen and oxygen atoms in total. The Kier molecular flexibility index (Phi) is 6.67. The highest BCUT2D eigenvalue weighted by atomic mass is 19.1. The molecule has 37 heavy (non-hydrogen) atoms. The first-order chi connectivity index (χ1) is 17.5. The Labute approximate surface area is 211 Å². The van der Waals surface area contributed by atoms with Crippen LogP contribution in [0, 0.1) is 22.9 Å². The number of aliphatic hydroxyl groups is 1. The molecule has 1 heterocycles. The molecule has 0 bridgehead atoms. The average molecular weight is 506 g/mol. The van der Waals surface area contributed by atoms with Crippen LogP contribution in [0.1, 0.15) is 36.6 Å². The van der Waals surface area contributed by atoms with Gasteiger partial charge in [-0.05, 0) is 80.4 Å². The van der Waals surface area contributed by atoms with Gasteiger partial charge in [-0.2, -0.15) is 0 Å². The topological polar surface area (TPSA) is 130 Å². The quantitative estimate of drug-likeness (QED) is 0.155. The van der Waals surface area contributed by atoms with Crippen LogP contribution in [-0.2, 0) is 9.59 Å². The number of benzene rings is 3. The predicted octanol–water partition coefficient (Wildman–Crippen LogP) is 5.16. The van der Waals surface area contributed by atoms with E-state index in [1.807, 2.05) is 13.8 Å². The Balaban J connectivity index is 1.94. The van der Waals surface area contributed by atoms with Crippen molar-refractivity contribution >= 4 is 28.8 Å². The predicted molar refractivity (Wildman–Crippen MR) is 133 cm³/mol. The summed E-state index contributed by atoms with van der Waals surface area (Å²) in [5.41, 5.74) is 0.164. The lowest BCUT2D eigenvalue weighted by Crippen LogP contribution is -2.29. The van der Waals surface area contributed by atoms with Gasteiger partial charge in [0.2, 0.25) is 0 Å². The van der Waals surface area contributed by atoms with Crippen LogP contribution in [0.5, 0.6) is 11.5 Å². The van der Waals surface area contributed by atoms with Gasteiger partial charge in [-0.15, -0.1) is 0 Å². The normalized spacial score (nSPS) is 16.9. The van der Waals surface area contributed by atoms with Gasteiger partial charge in [0.25, 0.3) is 11.7 Å². The van der Waals surface area contributed by atoms with Crippen molar-refractivity contribution in [3.05, 3.63) is 98.9 Å². The lowest BCUT2D eigenvalue weighted by molar-refractivity contribution is -0.385. The molecule has 1 saturated heterocycles. The smallest absolute Gasteiger partial charge is 0.311 e. The number of hydrogen-bond acceptors (Lipinski definition) is 7. The van der Waals surface area contributed by atoms with Crippen molar-refractivity contribution in [2.75, 3.05) is 4.90 Å². The van der Waals surface area contributed by atoms with Crippen molar-refractivity contribution in [2.45, 2.75) is 32.9 Å². The van der Waals surface area contributed by atoms with Crippen LogP contribution in [0.4, 0.5) is 15.8 Å². The van der Waals surface area contributed by atoms with Crippen molar-refractivity contribution in [1.29, 1.82) is 0 Å². The van der Waals surface area contributed by atoms with E-state index in [4.69, 9.17) is 4.74 Å². The molecule has 1 aliphatic heterocycles. The van der Waals surface area contributed by atoms with E-state index in [9.17, 15) is 34.3 Å². The summed E-state index contributed by atoms with van der Waals surface area (Å²) in [5.74, 6) is -3.14. The van der Waals surface area contributed by atoms with Crippen LogP contribution in [0.25, 0.3) is 5.76 Å². The lowest BCUT2D eigenvalue weighted by atomic mass is 9.94. The van der Waals surface area contributed by atoms with Gasteiger partial charge < -0.3 is 14.9 Å². The highest BCUT2D eigenvalue weighted by Gasteiger charge is 2.47. The Morgan fingerprint density at radius 3 is 2.35 bits per heavy atom. The number of anilines is 1. The molecule has 1 aliphatic rings. The SMILES string of the molecule is Cc1cc(/C(O)=C2/C(=O)C(=O)N(c3ccc(F)cc3)C2c2ccc(O)c([N+](=O)[O-])c2)ccc1OC(C)C. The Morgan fingerprint density at radius 2 is 1.76 bits per heavy atom. The number of phenolic OH excluding ortho intramolecular Hbond substituents is 1. The van der Waals surface area contributed by atoms with E-state index in [1.165, 1.54) is 24.3 Å². The molecule has 0 aromatic heterocycles. The Hall–Kier alpha value is -4.73. The largest absolute Gasteiger partial charge is 0.507 e. The summed E-state index contributed by atoms with van der Waals surface area (Å²) < 4.78 is 19.3. The maximum absolute atomic E-state index is 13.6. The molecule has 0 spiro atoms. The van der Waals surface area contributed by atoms with E-state index >= 15 is 0 Å². The summed E-state index contributed by atoms with van der Waals surface area (Å²) in [4.78, 5) is 38.1. The number of Topliss-reactive ketones (excluding diaryl/α,β-unsaturated/α-hetero) is 1. The molecular formula is C27H23FN2O7. The number of aliphatic hydroxyl groups excluding tert-OH is 1.